The molecule has 0 aromatic heterocycles. The lowest BCUT2D eigenvalue weighted by molar-refractivity contribution is -0.130. The van der Waals surface area contributed by atoms with E-state index in [0.29, 0.717) is 21.7 Å². The first kappa shape index (κ1) is 27.5. The number of anilines is 1. The van der Waals surface area contributed by atoms with Crippen molar-refractivity contribution in [2.75, 3.05) is 5.32 Å². The Balaban J connectivity index is 1.55. The van der Waals surface area contributed by atoms with Gasteiger partial charge in [0.1, 0.15) is 35.4 Å². The molecule has 0 saturated heterocycles. The number of nitrogens with one attached hydrogen (secondary N) is 3. The molecule has 1 heterocycles. The summed E-state index contributed by atoms with van der Waals surface area (Å²) in [4.78, 5) is 39.1. The Bertz CT molecular complexity index is 1400. The van der Waals surface area contributed by atoms with Gasteiger partial charge in [0.25, 0.3) is 0 Å². The molecule has 4 rings (SSSR count). The van der Waals surface area contributed by atoms with E-state index < -0.39 is 64.7 Å². The second-order valence-corrected chi connectivity index (χ2v) is 10.2. The first-order chi connectivity index (χ1) is 18.0. The number of hydrogen-bond donors (Lipinski definition) is 3. The van der Waals surface area contributed by atoms with Gasteiger partial charge in [-0.05, 0) is 61.0 Å². The van der Waals surface area contributed by atoms with E-state index in [1.165, 1.54) is 13.0 Å². The van der Waals surface area contributed by atoms with Crippen molar-refractivity contribution in [3.8, 4) is 0 Å². The van der Waals surface area contributed by atoms with Crippen molar-refractivity contribution >= 4 is 46.8 Å². The molecule has 0 saturated carbocycles. The molecule has 1 aliphatic heterocycles. The molecular formula is C26H20ClF4N3O3S. The third-order valence-electron chi connectivity index (χ3n) is 5.66. The molecule has 38 heavy (non-hydrogen) atoms. The van der Waals surface area contributed by atoms with E-state index in [2.05, 4.69) is 16.0 Å². The summed E-state index contributed by atoms with van der Waals surface area (Å²) >= 11 is 7.07. The monoisotopic (exact) mass is 565 g/mol. The number of carbonyl (C=O) groups excluding carboxylic acids is 3. The average Bonchev–Trinajstić information content (AvgIpc) is 2.95. The fraction of sp³-hybridized carbons (Fsp3) is 0.192. The van der Waals surface area contributed by atoms with Crippen LogP contribution in [-0.2, 0) is 20.8 Å². The van der Waals surface area contributed by atoms with E-state index in [1.807, 2.05) is 0 Å². The molecule has 198 valence electrons. The molecule has 6 nitrogen and oxygen atoms in total. The lowest BCUT2D eigenvalue weighted by atomic mass is 10.0. The quantitative estimate of drug-likeness (QED) is 0.371. The van der Waals surface area contributed by atoms with Crippen molar-refractivity contribution in [1.29, 1.82) is 0 Å². The van der Waals surface area contributed by atoms with E-state index in [1.54, 1.807) is 12.1 Å². The van der Waals surface area contributed by atoms with Crippen LogP contribution < -0.4 is 16.0 Å². The van der Waals surface area contributed by atoms with Gasteiger partial charge in [-0.15, -0.1) is 11.8 Å². The molecule has 0 radical (unpaired) electrons. The topological polar surface area (TPSA) is 87.3 Å². The first-order valence-corrected chi connectivity index (χ1v) is 12.5. The SMILES string of the molecule is C[C@H](NC(=O)Cc1cc(F)cc(F)c1)C(=O)N[C@@H]1C(=O)Nc2cc(Cl)ccc2S[C@@H]1c1cc(F)ccc1F. The van der Waals surface area contributed by atoms with Crippen LogP contribution in [0.3, 0.4) is 0 Å². The van der Waals surface area contributed by atoms with Crippen LogP contribution in [0, 0.1) is 23.3 Å². The van der Waals surface area contributed by atoms with Crippen LogP contribution in [0.15, 0.2) is 59.5 Å². The zero-order chi connectivity index (χ0) is 27.6. The predicted molar refractivity (Wildman–Crippen MR) is 135 cm³/mol. The van der Waals surface area contributed by atoms with Gasteiger partial charge in [-0.3, -0.25) is 14.4 Å². The van der Waals surface area contributed by atoms with Gasteiger partial charge in [0.05, 0.1) is 17.4 Å². The van der Waals surface area contributed by atoms with Crippen molar-refractivity contribution in [3.05, 3.63) is 94.0 Å². The summed E-state index contributed by atoms with van der Waals surface area (Å²) in [6, 6.07) is 7.55. The Morgan fingerprint density at radius 3 is 2.42 bits per heavy atom. The number of hydrogen-bond acceptors (Lipinski definition) is 4. The third kappa shape index (κ3) is 6.46. The largest absolute Gasteiger partial charge is 0.344 e. The Morgan fingerprint density at radius 2 is 1.71 bits per heavy atom. The highest BCUT2D eigenvalue weighted by atomic mass is 35.5. The number of amides is 3. The van der Waals surface area contributed by atoms with Gasteiger partial charge in [-0.1, -0.05) is 11.6 Å². The molecule has 3 amide bonds. The average molecular weight is 566 g/mol. The number of benzene rings is 3. The molecule has 3 N–H and O–H groups in total. The molecular weight excluding hydrogens is 546 g/mol. The number of carbonyl (C=O) groups is 3. The zero-order valence-electron chi connectivity index (χ0n) is 19.7. The van der Waals surface area contributed by atoms with E-state index in [4.69, 9.17) is 11.6 Å². The van der Waals surface area contributed by atoms with Crippen LogP contribution in [0.1, 0.15) is 23.3 Å². The number of halogens is 5. The van der Waals surface area contributed by atoms with E-state index in [0.717, 1.165) is 42.1 Å². The standard InChI is InChI=1S/C26H20ClF4N3O3S/c1-12(32-22(35)8-13-6-16(29)10-17(30)7-13)25(36)34-23-24(18-11-15(28)3-4-19(18)31)38-21-5-2-14(27)9-20(21)33-26(23)37/h2-7,9-12,23-24H,8H2,1H3,(H,32,35)(H,33,37)(H,34,36)/t12-,23-,24+/m0/s1. The van der Waals surface area contributed by atoms with Gasteiger partial charge >= 0.3 is 0 Å². The second-order valence-electron chi connectivity index (χ2n) is 8.56. The highest BCUT2D eigenvalue weighted by Gasteiger charge is 2.38. The zero-order valence-corrected chi connectivity index (χ0v) is 21.2. The Morgan fingerprint density at radius 1 is 1.00 bits per heavy atom. The second kappa shape index (κ2) is 11.4. The highest BCUT2D eigenvalue weighted by Crippen LogP contribution is 2.45. The summed E-state index contributed by atoms with van der Waals surface area (Å²) in [6.07, 6.45) is -0.404. The van der Waals surface area contributed by atoms with E-state index in [9.17, 15) is 31.9 Å². The maximum absolute atomic E-state index is 14.8. The van der Waals surface area contributed by atoms with Crippen LogP contribution in [-0.4, -0.2) is 29.8 Å². The van der Waals surface area contributed by atoms with Crippen molar-refractivity contribution in [3.63, 3.8) is 0 Å². The van der Waals surface area contributed by atoms with Crippen molar-refractivity contribution in [2.24, 2.45) is 0 Å². The van der Waals surface area contributed by atoms with E-state index >= 15 is 0 Å². The maximum Gasteiger partial charge on any atom is 0.248 e. The molecule has 12 heteroatoms. The van der Waals surface area contributed by atoms with Crippen molar-refractivity contribution < 1.29 is 31.9 Å². The Hall–Kier alpha value is -3.57. The molecule has 3 aromatic carbocycles. The summed E-state index contributed by atoms with van der Waals surface area (Å²) in [5.74, 6) is -5.43. The van der Waals surface area contributed by atoms with Gasteiger partial charge in [0, 0.05) is 21.5 Å². The lowest BCUT2D eigenvalue weighted by Gasteiger charge is -2.26. The summed E-state index contributed by atoms with van der Waals surface area (Å²) in [7, 11) is 0. The van der Waals surface area contributed by atoms with Gasteiger partial charge in [0.15, 0.2) is 0 Å². The number of thioether (sulfide) groups is 1. The number of rotatable bonds is 6. The molecule has 0 unspecified atom stereocenters. The fourth-order valence-electron chi connectivity index (χ4n) is 3.91. The first-order valence-electron chi connectivity index (χ1n) is 11.3. The summed E-state index contributed by atoms with van der Waals surface area (Å²) in [5.41, 5.74) is 0.239. The minimum atomic E-state index is -1.38. The summed E-state index contributed by atoms with van der Waals surface area (Å²) in [6.45, 7) is 1.34. The normalized spacial score (nSPS) is 17.6. The molecule has 3 atom stereocenters. The van der Waals surface area contributed by atoms with Gasteiger partial charge in [0.2, 0.25) is 17.7 Å². The van der Waals surface area contributed by atoms with Crippen LogP contribution in [0.2, 0.25) is 5.02 Å². The molecule has 3 aromatic rings. The van der Waals surface area contributed by atoms with Crippen LogP contribution in [0.5, 0.6) is 0 Å². The highest BCUT2D eigenvalue weighted by molar-refractivity contribution is 7.99. The lowest BCUT2D eigenvalue weighted by Crippen LogP contribution is -2.53. The van der Waals surface area contributed by atoms with Crippen molar-refractivity contribution in [2.45, 2.75) is 35.6 Å². The minimum absolute atomic E-state index is 0.0604. The molecule has 0 aliphatic carbocycles. The summed E-state index contributed by atoms with van der Waals surface area (Å²) < 4.78 is 55.7. The molecule has 0 bridgehead atoms. The minimum Gasteiger partial charge on any atom is -0.344 e. The van der Waals surface area contributed by atoms with Crippen molar-refractivity contribution in [1.82, 2.24) is 10.6 Å². The fourth-order valence-corrected chi connectivity index (χ4v) is 5.37. The third-order valence-corrected chi connectivity index (χ3v) is 7.28. The smallest absolute Gasteiger partial charge is 0.248 e. The van der Waals surface area contributed by atoms with Gasteiger partial charge in [-0.2, -0.15) is 0 Å². The maximum atomic E-state index is 14.8. The van der Waals surface area contributed by atoms with E-state index in [-0.39, 0.29) is 11.1 Å². The van der Waals surface area contributed by atoms with Crippen LogP contribution >= 0.6 is 23.4 Å². The van der Waals surface area contributed by atoms with Gasteiger partial charge in [-0.25, -0.2) is 17.6 Å². The Labute approximate surface area is 224 Å². The Kier molecular flexibility index (Phi) is 8.27. The molecule has 1 aliphatic rings. The predicted octanol–water partition coefficient (Wildman–Crippen LogP) is 4.91. The number of fused-ring (bicyclic) bond motifs is 1. The molecule has 0 spiro atoms. The van der Waals surface area contributed by atoms with Gasteiger partial charge < -0.3 is 16.0 Å². The summed E-state index contributed by atoms with van der Waals surface area (Å²) in [5, 5.41) is 6.80. The van der Waals surface area contributed by atoms with Crippen LogP contribution in [0.25, 0.3) is 0 Å². The molecule has 0 fully saturated rings. The van der Waals surface area contributed by atoms with Crippen LogP contribution in [0.4, 0.5) is 23.2 Å².